The number of carbonyl (C=O) groups is 2. The molecular formula is C27H30F6N2O5S. The number of sulfone groups is 1. The Labute approximate surface area is 233 Å². The molecule has 1 fully saturated rings. The molecule has 0 aliphatic carbocycles. The lowest BCUT2D eigenvalue weighted by molar-refractivity contribution is -0.196. The van der Waals surface area contributed by atoms with Crippen molar-refractivity contribution in [1.82, 2.24) is 4.90 Å². The number of esters is 1. The number of ether oxygens (including phenoxy) is 1. The standard InChI is InChI=1S/C27H30F6N2O5S/c1-25(2,28)13-20(34)23(36)35(21-19(27(31,32)33)14-40-24(21)37)22(26(3,29)30)17-7-5-15(6-8-17)16-9-11-18(12-10-16)41(4,38)39/h5-12,19-22H,13-14,34H2,1-4H3/t19?,20-,21-,22-/m0/s1. The molecule has 1 amide bonds. The third kappa shape index (κ3) is 7.59. The van der Waals surface area contributed by atoms with E-state index in [0.29, 0.717) is 18.1 Å². The number of amides is 1. The van der Waals surface area contributed by atoms with Crippen LogP contribution in [0.1, 0.15) is 38.8 Å². The van der Waals surface area contributed by atoms with Crippen LogP contribution in [0.3, 0.4) is 0 Å². The number of hydrogen-bond donors (Lipinski definition) is 1. The van der Waals surface area contributed by atoms with Crippen molar-refractivity contribution in [1.29, 1.82) is 0 Å². The van der Waals surface area contributed by atoms with Gasteiger partial charge in [0.05, 0.1) is 10.9 Å². The molecular weight excluding hydrogens is 578 g/mol. The summed E-state index contributed by atoms with van der Waals surface area (Å²) in [5, 5.41) is 0. The Balaban J connectivity index is 2.13. The van der Waals surface area contributed by atoms with Crippen LogP contribution in [0.15, 0.2) is 53.4 Å². The van der Waals surface area contributed by atoms with Crippen LogP contribution in [-0.2, 0) is 24.2 Å². The zero-order valence-electron chi connectivity index (χ0n) is 22.6. The molecule has 0 spiro atoms. The van der Waals surface area contributed by atoms with Gasteiger partial charge in [-0.15, -0.1) is 0 Å². The molecule has 0 radical (unpaired) electrons. The summed E-state index contributed by atoms with van der Waals surface area (Å²) in [5.41, 5.74) is 4.35. The lowest BCUT2D eigenvalue weighted by Crippen LogP contribution is -2.59. The van der Waals surface area contributed by atoms with Crippen LogP contribution >= 0.6 is 0 Å². The first-order chi connectivity index (χ1) is 18.6. The second-order valence-corrected chi connectivity index (χ2v) is 12.8. The monoisotopic (exact) mass is 608 g/mol. The first-order valence-corrected chi connectivity index (χ1v) is 14.3. The van der Waals surface area contributed by atoms with Crippen molar-refractivity contribution in [2.45, 2.75) is 68.0 Å². The van der Waals surface area contributed by atoms with Crippen LogP contribution in [0.5, 0.6) is 0 Å². The molecule has 0 bridgehead atoms. The lowest BCUT2D eigenvalue weighted by Gasteiger charge is -2.41. The van der Waals surface area contributed by atoms with E-state index in [4.69, 9.17) is 5.73 Å². The molecule has 2 aromatic rings. The number of rotatable bonds is 9. The Kier molecular flexibility index (Phi) is 8.90. The average molecular weight is 609 g/mol. The van der Waals surface area contributed by atoms with Gasteiger partial charge in [-0.05, 0) is 42.7 Å². The Morgan fingerprint density at radius 3 is 1.88 bits per heavy atom. The number of nitrogens with zero attached hydrogens (tertiary/aromatic N) is 1. The molecule has 4 atom stereocenters. The number of cyclic esters (lactones) is 1. The Morgan fingerprint density at radius 2 is 1.46 bits per heavy atom. The summed E-state index contributed by atoms with van der Waals surface area (Å²) in [5.74, 6) is -9.54. The number of nitrogens with two attached hydrogens (primary N) is 1. The maximum absolute atomic E-state index is 15.3. The van der Waals surface area contributed by atoms with Crippen molar-refractivity contribution >= 4 is 21.7 Å². The smallest absolute Gasteiger partial charge is 0.397 e. The highest BCUT2D eigenvalue weighted by atomic mass is 32.2. The van der Waals surface area contributed by atoms with Crippen molar-refractivity contribution < 1.29 is 49.1 Å². The van der Waals surface area contributed by atoms with Crippen molar-refractivity contribution in [3.05, 3.63) is 54.1 Å². The predicted molar refractivity (Wildman–Crippen MR) is 137 cm³/mol. The van der Waals surface area contributed by atoms with E-state index >= 15 is 8.78 Å². The highest BCUT2D eigenvalue weighted by molar-refractivity contribution is 7.90. The molecule has 226 valence electrons. The Hall–Kier alpha value is -3.13. The summed E-state index contributed by atoms with van der Waals surface area (Å²) in [6.07, 6.45) is -4.79. The fourth-order valence-electron chi connectivity index (χ4n) is 4.77. The van der Waals surface area contributed by atoms with Gasteiger partial charge in [-0.1, -0.05) is 36.4 Å². The molecule has 7 nitrogen and oxygen atoms in total. The lowest BCUT2D eigenvalue weighted by atomic mass is 9.90. The quantitative estimate of drug-likeness (QED) is 0.322. The highest BCUT2D eigenvalue weighted by Crippen LogP contribution is 2.44. The van der Waals surface area contributed by atoms with E-state index < -0.39 is 76.6 Å². The summed E-state index contributed by atoms with van der Waals surface area (Å²) >= 11 is 0. The van der Waals surface area contributed by atoms with Gasteiger partial charge in [-0.2, -0.15) is 13.2 Å². The van der Waals surface area contributed by atoms with Crippen LogP contribution in [0.4, 0.5) is 26.3 Å². The van der Waals surface area contributed by atoms with Gasteiger partial charge in [0.2, 0.25) is 5.91 Å². The summed E-state index contributed by atoms with van der Waals surface area (Å²) in [6.45, 7) is 1.30. The number of halogens is 6. The van der Waals surface area contributed by atoms with Crippen LogP contribution < -0.4 is 5.73 Å². The van der Waals surface area contributed by atoms with Crippen molar-refractivity contribution in [2.24, 2.45) is 11.7 Å². The third-order valence-electron chi connectivity index (χ3n) is 6.63. The molecule has 2 aromatic carbocycles. The molecule has 0 aromatic heterocycles. The zero-order chi connectivity index (χ0) is 31.1. The number of benzene rings is 2. The van der Waals surface area contributed by atoms with E-state index in [2.05, 4.69) is 4.74 Å². The molecule has 1 unspecified atom stereocenters. The van der Waals surface area contributed by atoms with E-state index in [1.807, 2.05) is 0 Å². The topological polar surface area (TPSA) is 107 Å². The van der Waals surface area contributed by atoms with Gasteiger partial charge in [0.15, 0.2) is 9.84 Å². The number of carbonyl (C=O) groups excluding carboxylic acids is 2. The molecule has 1 aliphatic heterocycles. The average Bonchev–Trinajstić information content (AvgIpc) is 3.21. The van der Waals surface area contributed by atoms with Gasteiger partial charge < -0.3 is 15.4 Å². The van der Waals surface area contributed by atoms with Gasteiger partial charge in [0.25, 0.3) is 5.92 Å². The van der Waals surface area contributed by atoms with Crippen molar-refractivity contribution in [3.63, 3.8) is 0 Å². The maximum atomic E-state index is 15.3. The fourth-order valence-corrected chi connectivity index (χ4v) is 5.40. The van der Waals surface area contributed by atoms with Gasteiger partial charge >= 0.3 is 12.1 Å². The van der Waals surface area contributed by atoms with E-state index in [1.54, 1.807) is 0 Å². The van der Waals surface area contributed by atoms with Crippen LogP contribution in [0.25, 0.3) is 11.1 Å². The molecule has 14 heteroatoms. The third-order valence-corrected chi connectivity index (χ3v) is 7.75. The van der Waals surface area contributed by atoms with E-state index in [9.17, 15) is 35.6 Å². The van der Waals surface area contributed by atoms with Gasteiger partial charge in [0.1, 0.15) is 30.3 Å². The summed E-state index contributed by atoms with van der Waals surface area (Å²) in [6, 6.07) is 3.90. The SMILES string of the molecule is CC(C)(F)C[C@H](N)C(=O)N([C@@H]1C(=O)OCC1C(F)(F)F)[C@@H](c1ccc(-c2ccc(S(C)(=O)=O)cc2)cc1)C(C)(F)F. The summed E-state index contributed by atoms with van der Waals surface area (Å²) in [4.78, 5) is 26.2. The second-order valence-electron chi connectivity index (χ2n) is 10.8. The fraction of sp³-hybridized carbons (Fsp3) is 0.481. The van der Waals surface area contributed by atoms with E-state index in [-0.39, 0.29) is 15.4 Å². The predicted octanol–water partition coefficient (Wildman–Crippen LogP) is 4.85. The summed E-state index contributed by atoms with van der Waals surface area (Å²) < 4.78 is 115. The molecule has 2 N–H and O–H groups in total. The molecule has 3 rings (SSSR count). The summed E-state index contributed by atoms with van der Waals surface area (Å²) in [7, 11) is -3.47. The Morgan fingerprint density at radius 1 is 0.976 bits per heavy atom. The molecule has 1 heterocycles. The highest BCUT2D eigenvalue weighted by Gasteiger charge is 2.60. The Bertz CT molecular complexity index is 1370. The zero-order valence-corrected chi connectivity index (χ0v) is 23.4. The number of alkyl halides is 6. The minimum atomic E-state index is -5.10. The number of hydrogen-bond acceptors (Lipinski definition) is 6. The second kappa shape index (κ2) is 11.3. The molecule has 41 heavy (non-hydrogen) atoms. The van der Waals surface area contributed by atoms with Crippen LogP contribution in [0, 0.1) is 5.92 Å². The van der Waals surface area contributed by atoms with Crippen molar-refractivity contribution in [2.75, 3.05) is 12.9 Å². The van der Waals surface area contributed by atoms with Crippen molar-refractivity contribution in [3.8, 4) is 11.1 Å². The van der Waals surface area contributed by atoms with Gasteiger partial charge in [-0.3, -0.25) is 4.79 Å². The normalized spacial score (nSPS) is 19.9. The van der Waals surface area contributed by atoms with Crippen LogP contribution in [-0.4, -0.2) is 67.9 Å². The van der Waals surface area contributed by atoms with Gasteiger partial charge in [0, 0.05) is 19.6 Å². The van der Waals surface area contributed by atoms with Crippen LogP contribution in [0.2, 0.25) is 0 Å². The van der Waals surface area contributed by atoms with Gasteiger partial charge in [-0.25, -0.2) is 26.4 Å². The maximum Gasteiger partial charge on any atom is 0.397 e. The first kappa shape index (κ1) is 32.4. The minimum Gasteiger partial charge on any atom is -0.463 e. The van der Waals surface area contributed by atoms with E-state index in [0.717, 1.165) is 32.2 Å². The first-order valence-electron chi connectivity index (χ1n) is 12.4. The molecule has 1 saturated heterocycles. The molecule has 1 aliphatic rings. The minimum absolute atomic E-state index is 0.0492. The molecule has 0 saturated carbocycles. The van der Waals surface area contributed by atoms with E-state index in [1.165, 1.54) is 36.4 Å². The largest absolute Gasteiger partial charge is 0.463 e.